The molecular formula is C28H34N4O. The number of carbonyl (C=O) groups excluding carboxylic acids is 1. The highest BCUT2D eigenvalue weighted by molar-refractivity contribution is 6.04. The minimum atomic E-state index is -0.177. The second kappa shape index (κ2) is 10.2. The number of nitrogens with zero attached hydrogens (tertiary/aromatic N) is 2. The highest BCUT2D eigenvalue weighted by Crippen LogP contribution is 2.33. The maximum absolute atomic E-state index is 13.0. The van der Waals surface area contributed by atoms with Gasteiger partial charge in [0.15, 0.2) is 0 Å². The van der Waals surface area contributed by atoms with Crippen molar-refractivity contribution >= 4 is 17.3 Å². The number of carbonyl (C=O) groups is 1. The van der Waals surface area contributed by atoms with Crippen LogP contribution in [-0.4, -0.2) is 35.9 Å². The second-order valence-corrected chi connectivity index (χ2v) is 8.99. The molecule has 1 aliphatic rings. The number of nitrogens with one attached hydrogen (secondary N) is 2. The smallest absolute Gasteiger partial charge is 0.274 e. The monoisotopic (exact) mass is 442 g/mol. The van der Waals surface area contributed by atoms with Crippen molar-refractivity contribution in [2.45, 2.75) is 46.6 Å². The molecule has 1 saturated heterocycles. The van der Waals surface area contributed by atoms with Crippen molar-refractivity contribution < 1.29 is 4.79 Å². The van der Waals surface area contributed by atoms with Gasteiger partial charge < -0.3 is 10.6 Å². The van der Waals surface area contributed by atoms with Crippen LogP contribution in [0.15, 0.2) is 48.7 Å². The number of amides is 1. The lowest BCUT2D eigenvalue weighted by Gasteiger charge is -2.26. The molecule has 0 aliphatic carbocycles. The number of benzene rings is 2. The summed E-state index contributed by atoms with van der Waals surface area (Å²) < 4.78 is 0. The molecule has 1 aliphatic heterocycles. The molecule has 1 amide bonds. The lowest BCUT2D eigenvalue weighted by atomic mass is 9.94. The fourth-order valence-corrected chi connectivity index (χ4v) is 4.68. The fraction of sp³-hybridized carbons (Fsp3) is 0.357. The molecule has 0 radical (unpaired) electrons. The summed E-state index contributed by atoms with van der Waals surface area (Å²) in [6, 6.07) is 14.2. The minimum absolute atomic E-state index is 0.177. The Labute approximate surface area is 197 Å². The van der Waals surface area contributed by atoms with Gasteiger partial charge in [0.2, 0.25) is 0 Å². The summed E-state index contributed by atoms with van der Waals surface area (Å²) in [6.07, 6.45) is 5.73. The zero-order valence-corrected chi connectivity index (χ0v) is 20.2. The molecule has 1 fully saturated rings. The third-order valence-corrected chi connectivity index (χ3v) is 6.77. The van der Waals surface area contributed by atoms with Crippen LogP contribution in [0.3, 0.4) is 0 Å². The predicted octanol–water partition coefficient (Wildman–Crippen LogP) is 5.95. The van der Waals surface area contributed by atoms with E-state index in [9.17, 15) is 4.79 Å². The summed E-state index contributed by atoms with van der Waals surface area (Å²) in [4.78, 5) is 20.0. The van der Waals surface area contributed by atoms with E-state index in [4.69, 9.17) is 0 Å². The van der Waals surface area contributed by atoms with Crippen LogP contribution in [0, 0.1) is 20.8 Å². The quantitative estimate of drug-likeness (QED) is 0.495. The number of hydrogen-bond acceptors (Lipinski definition) is 4. The molecule has 2 N–H and O–H groups in total. The van der Waals surface area contributed by atoms with E-state index < -0.39 is 0 Å². The largest absolute Gasteiger partial charge is 0.388 e. The van der Waals surface area contributed by atoms with Crippen LogP contribution < -0.4 is 10.6 Å². The Hall–Kier alpha value is -3.18. The topological polar surface area (TPSA) is 57.3 Å². The number of anilines is 2. The first-order chi connectivity index (χ1) is 16.0. The first-order valence-electron chi connectivity index (χ1n) is 11.8. The SMILES string of the molecule is CNc1cccc(-c2cccc(NC(=O)c3cc(C)c(CN4CCCCC4)cn3)c2C)c1C. The highest BCUT2D eigenvalue weighted by atomic mass is 16.1. The molecule has 3 aromatic rings. The Morgan fingerprint density at radius 1 is 0.939 bits per heavy atom. The molecule has 4 rings (SSSR count). The van der Waals surface area contributed by atoms with E-state index in [-0.39, 0.29) is 5.91 Å². The molecular weight excluding hydrogens is 408 g/mol. The van der Waals surface area contributed by atoms with Gasteiger partial charge in [0.1, 0.15) is 5.69 Å². The lowest BCUT2D eigenvalue weighted by molar-refractivity contribution is 0.102. The Morgan fingerprint density at radius 3 is 2.21 bits per heavy atom. The summed E-state index contributed by atoms with van der Waals surface area (Å²) in [6.45, 7) is 9.44. The average molecular weight is 443 g/mol. The normalized spacial score (nSPS) is 14.2. The second-order valence-electron chi connectivity index (χ2n) is 8.99. The van der Waals surface area contributed by atoms with Gasteiger partial charge in [-0.2, -0.15) is 0 Å². The van der Waals surface area contributed by atoms with E-state index in [1.165, 1.54) is 30.4 Å². The molecule has 5 nitrogen and oxygen atoms in total. The number of aryl methyl sites for hydroxylation is 1. The molecule has 2 aromatic carbocycles. The van der Waals surface area contributed by atoms with Crippen molar-refractivity contribution in [1.29, 1.82) is 0 Å². The maximum Gasteiger partial charge on any atom is 0.274 e. The number of pyridine rings is 1. The fourth-order valence-electron chi connectivity index (χ4n) is 4.68. The first-order valence-corrected chi connectivity index (χ1v) is 11.8. The van der Waals surface area contributed by atoms with Crippen molar-refractivity contribution in [2.24, 2.45) is 0 Å². The van der Waals surface area contributed by atoms with E-state index in [0.717, 1.165) is 53.3 Å². The standard InChI is InChI=1S/C28H34N4O/c1-19-16-27(30-17-22(19)18-32-14-6-5-7-15-32)28(33)31-26-13-9-11-24(21(26)3)23-10-8-12-25(29-4)20(23)2/h8-13,16-17,29H,5-7,14-15,18H2,1-4H3,(H,31,33). The molecule has 0 bridgehead atoms. The number of rotatable bonds is 6. The van der Waals surface area contributed by atoms with Crippen molar-refractivity contribution in [2.75, 3.05) is 30.8 Å². The molecule has 5 heteroatoms. The molecule has 1 aromatic heterocycles. The van der Waals surface area contributed by atoms with Gasteiger partial charge in [-0.15, -0.1) is 0 Å². The minimum Gasteiger partial charge on any atom is -0.388 e. The van der Waals surface area contributed by atoms with Crippen LogP contribution in [0.25, 0.3) is 11.1 Å². The molecule has 0 unspecified atom stereocenters. The summed E-state index contributed by atoms with van der Waals surface area (Å²) in [5.74, 6) is -0.177. The Balaban J connectivity index is 1.53. The van der Waals surface area contributed by atoms with Gasteiger partial charge >= 0.3 is 0 Å². The Morgan fingerprint density at radius 2 is 1.58 bits per heavy atom. The van der Waals surface area contributed by atoms with E-state index in [2.05, 4.69) is 65.6 Å². The molecule has 172 valence electrons. The van der Waals surface area contributed by atoms with Crippen molar-refractivity contribution in [3.8, 4) is 11.1 Å². The molecule has 0 saturated carbocycles. The predicted molar refractivity (Wildman–Crippen MR) is 137 cm³/mol. The first kappa shape index (κ1) is 23.0. The van der Waals surface area contributed by atoms with E-state index >= 15 is 0 Å². The van der Waals surface area contributed by atoms with E-state index in [1.54, 1.807) is 0 Å². The number of aromatic nitrogens is 1. The van der Waals surface area contributed by atoms with Crippen LogP contribution in [0.2, 0.25) is 0 Å². The van der Waals surface area contributed by atoms with Gasteiger partial charge in [-0.3, -0.25) is 14.7 Å². The Bertz CT molecular complexity index is 1150. The van der Waals surface area contributed by atoms with Gasteiger partial charge in [-0.25, -0.2) is 0 Å². The number of hydrogen-bond donors (Lipinski definition) is 2. The van der Waals surface area contributed by atoms with Crippen LogP contribution in [0.1, 0.15) is 52.0 Å². The number of piperidine rings is 1. The van der Waals surface area contributed by atoms with E-state index in [1.807, 2.05) is 31.4 Å². The zero-order chi connectivity index (χ0) is 23.4. The van der Waals surface area contributed by atoms with Gasteiger partial charge in [-0.05, 0) is 98.3 Å². The van der Waals surface area contributed by atoms with Gasteiger partial charge in [0.05, 0.1) is 0 Å². The zero-order valence-electron chi connectivity index (χ0n) is 20.2. The molecule has 0 atom stereocenters. The van der Waals surface area contributed by atoms with Crippen LogP contribution >= 0.6 is 0 Å². The molecule has 0 spiro atoms. The van der Waals surface area contributed by atoms with Crippen LogP contribution in [-0.2, 0) is 6.54 Å². The van der Waals surface area contributed by atoms with Crippen molar-refractivity contribution in [3.63, 3.8) is 0 Å². The van der Waals surface area contributed by atoms with Gasteiger partial charge in [-0.1, -0.05) is 30.7 Å². The van der Waals surface area contributed by atoms with Crippen molar-refractivity contribution in [3.05, 3.63) is 76.6 Å². The summed E-state index contributed by atoms with van der Waals surface area (Å²) in [5.41, 5.74) is 9.18. The van der Waals surface area contributed by atoms with Crippen LogP contribution in [0.5, 0.6) is 0 Å². The van der Waals surface area contributed by atoms with E-state index in [0.29, 0.717) is 5.69 Å². The highest BCUT2D eigenvalue weighted by Gasteiger charge is 2.16. The third kappa shape index (κ3) is 5.09. The lowest BCUT2D eigenvalue weighted by Crippen LogP contribution is -2.29. The Kier molecular flexibility index (Phi) is 7.09. The third-order valence-electron chi connectivity index (χ3n) is 6.77. The summed E-state index contributed by atoms with van der Waals surface area (Å²) >= 11 is 0. The van der Waals surface area contributed by atoms with Crippen LogP contribution in [0.4, 0.5) is 11.4 Å². The number of likely N-dealkylation sites (tertiary alicyclic amines) is 1. The summed E-state index contributed by atoms with van der Waals surface area (Å²) in [7, 11) is 1.93. The molecule has 2 heterocycles. The van der Waals surface area contributed by atoms with Gasteiger partial charge in [0.25, 0.3) is 5.91 Å². The average Bonchev–Trinajstić information content (AvgIpc) is 2.83. The molecule has 33 heavy (non-hydrogen) atoms. The maximum atomic E-state index is 13.0. The summed E-state index contributed by atoms with van der Waals surface area (Å²) in [5, 5.41) is 6.33. The van der Waals surface area contributed by atoms with Crippen molar-refractivity contribution in [1.82, 2.24) is 9.88 Å². The van der Waals surface area contributed by atoms with Gasteiger partial charge in [0, 0.05) is 31.2 Å².